The normalized spacial score (nSPS) is 12.2. The van der Waals surface area contributed by atoms with Crippen LogP contribution in [0.15, 0.2) is 12.1 Å². The number of ether oxygens (including phenoxy) is 1. The van der Waals surface area contributed by atoms with Crippen LogP contribution in [-0.2, 0) is 0 Å². The number of rotatable bonds is 7. The minimum atomic E-state index is -0.517. The predicted molar refractivity (Wildman–Crippen MR) is 68.8 cm³/mol. The first-order valence-corrected chi connectivity index (χ1v) is 6.00. The van der Waals surface area contributed by atoms with E-state index in [1.54, 1.807) is 19.1 Å². The number of hydrogen-bond acceptors (Lipinski definition) is 5. The lowest BCUT2D eigenvalue weighted by Crippen LogP contribution is -2.24. The van der Waals surface area contributed by atoms with E-state index in [1.807, 2.05) is 13.8 Å². The zero-order valence-electron chi connectivity index (χ0n) is 11.0. The van der Waals surface area contributed by atoms with E-state index in [2.05, 4.69) is 10.3 Å². The van der Waals surface area contributed by atoms with Crippen LogP contribution in [-0.4, -0.2) is 29.6 Å². The van der Waals surface area contributed by atoms with E-state index < -0.39 is 4.92 Å². The van der Waals surface area contributed by atoms with Gasteiger partial charge in [-0.05, 0) is 28.6 Å². The molecule has 6 nitrogen and oxygen atoms in total. The summed E-state index contributed by atoms with van der Waals surface area (Å²) in [4.78, 5) is 14.2. The van der Waals surface area contributed by atoms with Crippen LogP contribution in [0.25, 0.3) is 0 Å². The largest absolute Gasteiger partial charge is 0.485 e. The fourth-order valence-corrected chi connectivity index (χ4v) is 1.46. The smallest absolute Gasteiger partial charge is 0.406 e. The van der Waals surface area contributed by atoms with Gasteiger partial charge in [0.2, 0.25) is 5.75 Å². The third-order valence-corrected chi connectivity index (χ3v) is 2.42. The average Bonchev–Trinajstić information content (AvgIpc) is 2.34. The van der Waals surface area contributed by atoms with Crippen LogP contribution in [0.4, 0.5) is 5.82 Å². The summed E-state index contributed by atoms with van der Waals surface area (Å²) in [5.74, 6) is 0.297. The summed E-state index contributed by atoms with van der Waals surface area (Å²) < 4.78 is 5.47. The zero-order valence-corrected chi connectivity index (χ0v) is 11.0. The van der Waals surface area contributed by atoms with E-state index in [1.165, 1.54) is 0 Å². The molecule has 1 N–H and O–H groups in total. The fraction of sp³-hybridized carbons (Fsp3) is 0.583. The Morgan fingerprint density at radius 3 is 2.89 bits per heavy atom. The molecule has 1 atom stereocenters. The van der Waals surface area contributed by atoms with Gasteiger partial charge in [0.1, 0.15) is 5.69 Å². The number of nitro groups is 1. The van der Waals surface area contributed by atoms with Crippen molar-refractivity contribution in [3.05, 3.63) is 27.9 Å². The minimum absolute atomic E-state index is 0.217. The van der Waals surface area contributed by atoms with E-state index >= 15 is 0 Å². The van der Waals surface area contributed by atoms with Gasteiger partial charge in [0, 0.05) is 19.4 Å². The molecule has 0 aromatic carbocycles. The molecule has 0 radical (unpaired) electrons. The molecule has 0 saturated carbocycles. The second-order valence-corrected chi connectivity index (χ2v) is 4.26. The van der Waals surface area contributed by atoms with Crippen LogP contribution in [0.5, 0.6) is 5.75 Å². The summed E-state index contributed by atoms with van der Waals surface area (Å²) in [5, 5.41) is 14.0. The van der Waals surface area contributed by atoms with E-state index in [4.69, 9.17) is 4.74 Å². The lowest BCUT2D eigenvalue weighted by Gasteiger charge is -2.13. The van der Waals surface area contributed by atoms with Crippen molar-refractivity contribution in [3.8, 4) is 5.75 Å². The van der Waals surface area contributed by atoms with Crippen molar-refractivity contribution < 1.29 is 9.66 Å². The zero-order chi connectivity index (χ0) is 13.5. The molecule has 0 aliphatic heterocycles. The molecule has 0 saturated heterocycles. The Labute approximate surface area is 107 Å². The number of aromatic nitrogens is 1. The molecule has 0 fully saturated rings. The predicted octanol–water partition coefficient (Wildman–Crippen LogP) is 1.92. The summed E-state index contributed by atoms with van der Waals surface area (Å²) >= 11 is 0. The summed E-state index contributed by atoms with van der Waals surface area (Å²) in [6.45, 7) is 7.92. The standard InChI is InChI=1S/C12H19N3O3/c1-4-13-7-9(2)8-18-11-6-5-10(3)14-12(11)15(16)17/h5-6,9,13H,4,7-8H2,1-3H3. The van der Waals surface area contributed by atoms with Gasteiger partial charge in [0.05, 0.1) is 6.61 Å². The van der Waals surface area contributed by atoms with Gasteiger partial charge in [-0.2, -0.15) is 0 Å². The molecule has 18 heavy (non-hydrogen) atoms. The number of pyridine rings is 1. The van der Waals surface area contributed by atoms with Crippen LogP contribution < -0.4 is 10.1 Å². The molecule has 0 spiro atoms. The molecular weight excluding hydrogens is 234 g/mol. The molecule has 1 unspecified atom stereocenters. The summed E-state index contributed by atoms with van der Waals surface area (Å²) in [6, 6.07) is 3.30. The highest BCUT2D eigenvalue weighted by atomic mass is 16.6. The van der Waals surface area contributed by atoms with Gasteiger partial charge in [0.15, 0.2) is 0 Å². The first-order valence-electron chi connectivity index (χ1n) is 6.00. The average molecular weight is 253 g/mol. The van der Waals surface area contributed by atoms with E-state index in [0.717, 1.165) is 13.1 Å². The van der Waals surface area contributed by atoms with E-state index in [9.17, 15) is 10.1 Å². The van der Waals surface area contributed by atoms with Gasteiger partial charge < -0.3 is 20.2 Å². The first kappa shape index (κ1) is 14.4. The molecule has 1 aromatic rings. The number of hydrogen-bond donors (Lipinski definition) is 1. The lowest BCUT2D eigenvalue weighted by atomic mass is 10.2. The molecular formula is C12H19N3O3. The van der Waals surface area contributed by atoms with Crippen LogP contribution in [0.2, 0.25) is 0 Å². The number of nitrogens with zero attached hydrogens (tertiary/aromatic N) is 2. The van der Waals surface area contributed by atoms with Gasteiger partial charge in [0.25, 0.3) is 0 Å². The Balaban J connectivity index is 2.64. The topological polar surface area (TPSA) is 77.3 Å². The summed E-state index contributed by atoms with van der Waals surface area (Å²) in [5.41, 5.74) is 0.606. The van der Waals surface area contributed by atoms with Crippen molar-refractivity contribution in [2.24, 2.45) is 5.92 Å². The highest BCUT2D eigenvalue weighted by Gasteiger charge is 2.18. The van der Waals surface area contributed by atoms with Crippen LogP contribution in [0.1, 0.15) is 19.5 Å². The van der Waals surface area contributed by atoms with Crippen molar-refractivity contribution in [1.82, 2.24) is 10.3 Å². The second-order valence-electron chi connectivity index (χ2n) is 4.26. The number of aryl methyl sites for hydroxylation is 1. The highest BCUT2D eigenvalue weighted by molar-refractivity contribution is 5.40. The van der Waals surface area contributed by atoms with E-state index in [0.29, 0.717) is 12.3 Å². The Morgan fingerprint density at radius 1 is 1.56 bits per heavy atom. The van der Waals surface area contributed by atoms with Crippen LogP contribution in [0, 0.1) is 23.0 Å². The Hall–Kier alpha value is -1.69. The van der Waals surface area contributed by atoms with Gasteiger partial charge in [-0.25, -0.2) is 0 Å². The second kappa shape index (κ2) is 6.90. The molecule has 6 heteroatoms. The van der Waals surface area contributed by atoms with E-state index in [-0.39, 0.29) is 17.5 Å². The van der Waals surface area contributed by atoms with Gasteiger partial charge in [-0.3, -0.25) is 0 Å². The lowest BCUT2D eigenvalue weighted by molar-refractivity contribution is -0.390. The SMILES string of the molecule is CCNCC(C)COc1ccc(C)nc1[N+](=O)[O-]. The quantitative estimate of drug-likeness (QED) is 0.593. The molecule has 1 heterocycles. The maximum Gasteiger partial charge on any atom is 0.406 e. The van der Waals surface area contributed by atoms with Crippen molar-refractivity contribution in [3.63, 3.8) is 0 Å². The number of nitrogens with one attached hydrogen (secondary N) is 1. The molecule has 0 aliphatic rings. The van der Waals surface area contributed by atoms with Crippen molar-refractivity contribution in [2.75, 3.05) is 19.7 Å². The monoisotopic (exact) mass is 253 g/mol. The molecule has 0 bridgehead atoms. The first-order chi connectivity index (χ1) is 8.54. The molecule has 0 aliphatic carbocycles. The summed E-state index contributed by atoms with van der Waals surface area (Å²) in [7, 11) is 0. The highest BCUT2D eigenvalue weighted by Crippen LogP contribution is 2.24. The van der Waals surface area contributed by atoms with Crippen molar-refractivity contribution >= 4 is 5.82 Å². The Bertz CT molecular complexity index is 410. The Morgan fingerprint density at radius 2 is 2.28 bits per heavy atom. The Kier molecular flexibility index (Phi) is 5.51. The molecule has 1 aromatic heterocycles. The minimum Gasteiger partial charge on any atom is -0.485 e. The van der Waals surface area contributed by atoms with Gasteiger partial charge >= 0.3 is 5.82 Å². The van der Waals surface area contributed by atoms with Crippen molar-refractivity contribution in [1.29, 1.82) is 0 Å². The maximum absolute atomic E-state index is 10.8. The van der Waals surface area contributed by atoms with Crippen LogP contribution >= 0.6 is 0 Å². The molecule has 0 amide bonds. The molecule has 100 valence electrons. The maximum atomic E-state index is 10.8. The third kappa shape index (κ3) is 4.29. The van der Waals surface area contributed by atoms with Gasteiger partial charge in [-0.1, -0.05) is 13.8 Å². The van der Waals surface area contributed by atoms with Gasteiger partial charge in [-0.15, -0.1) is 0 Å². The summed E-state index contributed by atoms with van der Waals surface area (Å²) in [6.07, 6.45) is 0. The molecule has 1 rings (SSSR count). The fourth-order valence-electron chi connectivity index (χ4n) is 1.46. The third-order valence-electron chi connectivity index (χ3n) is 2.42. The van der Waals surface area contributed by atoms with Crippen molar-refractivity contribution in [2.45, 2.75) is 20.8 Å². The van der Waals surface area contributed by atoms with Crippen LogP contribution in [0.3, 0.4) is 0 Å².